The molecule has 2 rings (SSSR count). The van der Waals surface area contributed by atoms with Gasteiger partial charge in [0.15, 0.2) is 0 Å². The molecule has 0 radical (unpaired) electrons. The zero-order chi connectivity index (χ0) is 9.26. The monoisotopic (exact) mass is 196 g/mol. The number of hydrogen-bond acceptors (Lipinski definition) is 1. The predicted molar refractivity (Wildman–Crippen MR) is 54.7 cm³/mol. The van der Waals surface area contributed by atoms with Gasteiger partial charge < -0.3 is 4.74 Å². The van der Waals surface area contributed by atoms with Crippen LogP contribution in [0.15, 0.2) is 18.2 Å². The van der Waals surface area contributed by atoms with Gasteiger partial charge in [-0.25, -0.2) is 0 Å². The van der Waals surface area contributed by atoms with Gasteiger partial charge in [0.05, 0.1) is 7.11 Å². The van der Waals surface area contributed by atoms with E-state index in [0.29, 0.717) is 5.38 Å². The second kappa shape index (κ2) is 3.59. The standard InChI is InChI=1S/C11H13ClO/c1-13-11-5-3-8-2-4-10(12)6-9(8)7-11/h3,5,7,10H,2,4,6H2,1H3/t10-/m1/s1. The molecule has 70 valence electrons. The maximum Gasteiger partial charge on any atom is 0.119 e. The Hall–Kier alpha value is -0.690. The van der Waals surface area contributed by atoms with Gasteiger partial charge in [0.2, 0.25) is 0 Å². The molecule has 2 heteroatoms. The fourth-order valence-corrected chi connectivity index (χ4v) is 2.09. The lowest BCUT2D eigenvalue weighted by atomic mass is 9.91. The minimum Gasteiger partial charge on any atom is -0.497 e. The van der Waals surface area contributed by atoms with Crippen molar-refractivity contribution in [2.75, 3.05) is 7.11 Å². The van der Waals surface area contributed by atoms with E-state index in [9.17, 15) is 0 Å². The van der Waals surface area contributed by atoms with E-state index in [-0.39, 0.29) is 0 Å². The molecule has 1 aliphatic rings. The number of hydrogen-bond donors (Lipinski definition) is 0. The first-order chi connectivity index (χ1) is 6.29. The Labute approximate surface area is 83.7 Å². The Morgan fingerprint density at radius 3 is 3.00 bits per heavy atom. The van der Waals surface area contributed by atoms with Gasteiger partial charge in [-0.1, -0.05) is 6.07 Å². The van der Waals surface area contributed by atoms with Gasteiger partial charge in [0.1, 0.15) is 5.75 Å². The van der Waals surface area contributed by atoms with Crippen LogP contribution in [0.4, 0.5) is 0 Å². The molecule has 1 atom stereocenters. The maximum atomic E-state index is 6.10. The van der Waals surface area contributed by atoms with Crippen LogP contribution in [-0.2, 0) is 12.8 Å². The summed E-state index contributed by atoms with van der Waals surface area (Å²) in [7, 11) is 1.70. The second-order valence-electron chi connectivity index (χ2n) is 3.47. The molecule has 0 saturated carbocycles. The fourth-order valence-electron chi connectivity index (χ4n) is 1.82. The summed E-state index contributed by atoms with van der Waals surface area (Å²) in [5.41, 5.74) is 2.78. The van der Waals surface area contributed by atoms with Crippen molar-refractivity contribution >= 4 is 11.6 Å². The van der Waals surface area contributed by atoms with Crippen LogP contribution in [0.3, 0.4) is 0 Å². The molecule has 1 aromatic carbocycles. The van der Waals surface area contributed by atoms with Crippen LogP contribution in [0.2, 0.25) is 0 Å². The molecule has 0 aliphatic heterocycles. The smallest absolute Gasteiger partial charge is 0.119 e. The zero-order valence-corrected chi connectivity index (χ0v) is 8.47. The summed E-state index contributed by atoms with van der Waals surface area (Å²) in [6.07, 6.45) is 3.18. The predicted octanol–water partition coefficient (Wildman–Crippen LogP) is 2.79. The zero-order valence-electron chi connectivity index (χ0n) is 7.72. The highest BCUT2D eigenvalue weighted by Crippen LogP contribution is 2.27. The highest BCUT2D eigenvalue weighted by Gasteiger charge is 2.16. The van der Waals surface area contributed by atoms with Crippen molar-refractivity contribution in [1.29, 1.82) is 0 Å². The Morgan fingerprint density at radius 2 is 2.23 bits per heavy atom. The quantitative estimate of drug-likeness (QED) is 0.628. The maximum absolute atomic E-state index is 6.10. The number of alkyl halides is 1. The normalized spacial score (nSPS) is 20.9. The first kappa shape index (κ1) is 8.89. The van der Waals surface area contributed by atoms with Crippen LogP contribution >= 0.6 is 11.6 Å². The Balaban J connectivity index is 2.32. The van der Waals surface area contributed by atoms with Crippen molar-refractivity contribution in [2.45, 2.75) is 24.6 Å². The van der Waals surface area contributed by atoms with Crippen molar-refractivity contribution in [3.8, 4) is 5.75 Å². The molecular formula is C11H13ClO. The van der Waals surface area contributed by atoms with Crippen molar-refractivity contribution in [1.82, 2.24) is 0 Å². The van der Waals surface area contributed by atoms with Gasteiger partial charge in [-0.3, -0.25) is 0 Å². The summed E-state index contributed by atoms with van der Waals surface area (Å²) in [5.74, 6) is 0.935. The van der Waals surface area contributed by atoms with Gasteiger partial charge in [-0.15, -0.1) is 11.6 Å². The number of aryl methyl sites for hydroxylation is 1. The molecular weight excluding hydrogens is 184 g/mol. The average Bonchev–Trinajstić information content (AvgIpc) is 2.16. The van der Waals surface area contributed by atoms with Gasteiger partial charge in [-0.05, 0) is 42.5 Å². The number of halogens is 1. The molecule has 1 aromatic rings. The summed E-state index contributed by atoms with van der Waals surface area (Å²) < 4.78 is 5.17. The molecule has 1 aliphatic carbocycles. The largest absolute Gasteiger partial charge is 0.497 e. The molecule has 0 saturated heterocycles. The van der Waals surface area contributed by atoms with Crippen LogP contribution in [0.5, 0.6) is 5.75 Å². The summed E-state index contributed by atoms with van der Waals surface area (Å²) >= 11 is 6.10. The molecule has 0 unspecified atom stereocenters. The SMILES string of the molecule is COc1ccc2c(c1)C[C@H](Cl)CC2. The van der Waals surface area contributed by atoms with E-state index >= 15 is 0 Å². The summed E-state index contributed by atoms with van der Waals surface area (Å²) in [4.78, 5) is 0. The number of benzene rings is 1. The van der Waals surface area contributed by atoms with Crippen LogP contribution in [0.1, 0.15) is 17.5 Å². The van der Waals surface area contributed by atoms with Crippen molar-refractivity contribution in [3.63, 3.8) is 0 Å². The Kier molecular flexibility index (Phi) is 2.45. The van der Waals surface area contributed by atoms with E-state index in [2.05, 4.69) is 12.1 Å². The number of methoxy groups -OCH3 is 1. The lowest BCUT2D eigenvalue weighted by Crippen LogP contribution is -2.13. The molecule has 0 heterocycles. The molecule has 0 N–H and O–H groups in total. The molecule has 0 fully saturated rings. The Bertz CT molecular complexity index is 309. The molecule has 0 aromatic heterocycles. The van der Waals surface area contributed by atoms with E-state index in [0.717, 1.165) is 25.0 Å². The third kappa shape index (κ3) is 1.80. The third-order valence-electron chi connectivity index (χ3n) is 2.58. The first-order valence-electron chi connectivity index (χ1n) is 4.59. The van der Waals surface area contributed by atoms with Crippen LogP contribution < -0.4 is 4.74 Å². The summed E-state index contributed by atoms with van der Waals surface area (Å²) in [6.45, 7) is 0. The third-order valence-corrected chi connectivity index (χ3v) is 2.95. The van der Waals surface area contributed by atoms with E-state index in [1.807, 2.05) is 6.07 Å². The van der Waals surface area contributed by atoms with Crippen molar-refractivity contribution in [3.05, 3.63) is 29.3 Å². The summed E-state index contributed by atoms with van der Waals surface area (Å²) in [5, 5.41) is 0.305. The minimum absolute atomic E-state index is 0.305. The molecule has 1 nitrogen and oxygen atoms in total. The highest BCUT2D eigenvalue weighted by molar-refractivity contribution is 6.20. The topological polar surface area (TPSA) is 9.23 Å². The van der Waals surface area contributed by atoms with Crippen molar-refractivity contribution in [2.24, 2.45) is 0 Å². The van der Waals surface area contributed by atoms with Crippen LogP contribution in [0.25, 0.3) is 0 Å². The van der Waals surface area contributed by atoms with E-state index < -0.39 is 0 Å². The van der Waals surface area contributed by atoms with Gasteiger partial charge >= 0.3 is 0 Å². The number of fused-ring (bicyclic) bond motifs is 1. The number of rotatable bonds is 1. The minimum atomic E-state index is 0.305. The molecule has 13 heavy (non-hydrogen) atoms. The molecule has 0 spiro atoms. The fraction of sp³-hybridized carbons (Fsp3) is 0.455. The van der Waals surface area contributed by atoms with E-state index in [1.165, 1.54) is 11.1 Å². The highest BCUT2D eigenvalue weighted by atomic mass is 35.5. The lowest BCUT2D eigenvalue weighted by molar-refractivity contribution is 0.413. The first-order valence-corrected chi connectivity index (χ1v) is 5.03. The number of ether oxygens (including phenoxy) is 1. The van der Waals surface area contributed by atoms with Gasteiger partial charge in [0.25, 0.3) is 0 Å². The summed E-state index contributed by atoms with van der Waals surface area (Å²) in [6, 6.07) is 6.27. The molecule has 0 amide bonds. The lowest BCUT2D eigenvalue weighted by Gasteiger charge is -2.20. The average molecular weight is 197 g/mol. The van der Waals surface area contributed by atoms with Crippen molar-refractivity contribution < 1.29 is 4.74 Å². The van der Waals surface area contributed by atoms with E-state index in [4.69, 9.17) is 16.3 Å². The van der Waals surface area contributed by atoms with E-state index in [1.54, 1.807) is 7.11 Å². The van der Waals surface area contributed by atoms with Gasteiger partial charge in [-0.2, -0.15) is 0 Å². The Morgan fingerprint density at radius 1 is 1.38 bits per heavy atom. The van der Waals surface area contributed by atoms with Crippen LogP contribution in [-0.4, -0.2) is 12.5 Å². The second-order valence-corrected chi connectivity index (χ2v) is 4.09. The van der Waals surface area contributed by atoms with Crippen LogP contribution in [0, 0.1) is 0 Å². The molecule has 0 bridgehead atoms. The van der Waals surface area contributed by atoms with Gasteiger partial charge in [0, 0.05) is 5.38 Å².